The highest BCUT2D eigenvalue weighted by Gasteiger charge is 2.60. The third-order valence-corrected chi connectivity index (χ3v) is 4.75. The van der Waals surface area contributed by atoms with E-state index in [9.17, 15) is 0 Å². The predicted molar refractivity (Wildman–Crippen MR) is 59.1 cm³/mol. The van der Waals surface area contributed by atoms with Gasteiger partial charge in [-0.1, -0.05) is 33.1 Å². The Bertz CT molecular complexity index is 302. The van der Waals surface area contributed by atoms with E-state index in [1.807, 2.05) is 0 Å². The van der Waals surface area contributed by atoms with Crippen LogP contribution >= 0.6 is 0 Å². The standard InChI is InChI=1S/C13H20O2/c1-5-8-14-11-13(4)7-6-10(9-15-11)12(13,2)3/h8,10-11H,1,6-7,9H2,2-4H3/t10-,11-,13+/m0/s1. The van der Waals surface area contributed by atoms with Gasteiger partial charge in [0, 0.05) is 5.41 Å². The van der Waals surface area contributed by atoms with Gasteiger partial charge in [0.1, 0.15) is 6.26 Å². The zero-order valence-electron chi connectivity index (χ0n) is 9.88. The summed E-state index contributed by atoms with van der Waals surface area (Å²) in [7, 11) is 0. The number of rotatable bonds is 2. The van der Waals surface area contributed by atoms with E-state index in [1.54, 1.807) is 0 Å². The van der Waals surface area contributed by atoms with Crippen LogP contribution in [0, 0.1) is 16.7 Å². The van der Waals surface area contributed by atoms with Crippen LogP contribution in [0.4, 0.5) is 0 Å². The van der Waals surface area contributed by atoms with Crippen molar-refractivity contribution in [3.63, 3.8) is 0 Å². The Hall–Kier alpha value is -0.720. The first-order chi connectivity index (χ1) is 7.02. The molecule has 0 aromatic carbocycles. The largest absolute Gasteiger partial charge is 0.464 e. The summed E-state index contributed by atoms with van der Waals surface area (Å²) in [4.78, 5) is 0. The first kappa shape index (κ1) is 10.8. The number of fused-ring (bicyclic) bond motifs is 2. The molecule has 2 bridgehead atoms. The molecule has 0 N–H and O–H groups in total. The lowest BCUT2D eigenvalue weighted by Crippen LogP contribution is -2.50. The number of hydrogen-bond acceptors (Lipinski definition) is 2. The lowest BCUT2D eigenvalue weighted by molar-refractivity contribution is -0.243. The predicted octanol–water partition coefficient (Wildman–Crippen LogP) is 3.10. The number of ether oxygens (including phenoxy) is 2. The van der Waals surface area contributed by atoms with E-state index in [-0.39, 0.29) is 11.7 Å². The molecule has 0 amide bonds. The Morgan fingerprint density at radius 1 is 1.47 bits per heavy atom. The molecule has 0 unspecified atom stereocenters. The maximum atomic E-state index is 5.78. The molecule has 2 aliphatic rings. The van der Waals surface area contributed by atoms with Crippen molar-refractivity contribution < 1.29 is 9.47 Å². The summed E-state index contributed by atoms with van der Waals surface area (Å²) in [5.74, 6) is 0.676. The summed E-state index contributed by atoms with van der Waals surface area (Å²) in [6.45, 7) is 11.3. The quantitative estimate of drug-likeness (QED) is 0.513. The van der Waals surface area contributed by atoms with Crippen LogP contribution in [-0.2, 0) is 9.47 Å². The van der Waals surface area contributed by atoms with E-state index in [2.05, 4.69) is 33.1 Å². The lowest BCUT2D eigenvalue weighted by atomic mass is 9.64. The third-order valence-electron chi connectivity index (χ3n) is 4.75. The minimum absolute atomic E-state index is 0.114. The fourth-order valence-electron chi connectivity index (χ4n) is 3.02. The molecule has 2 fully saturated rings. The molecule has 1 heterocycles. The molecule has 2 nitrogen and oxygen atoms in total. The minimum Gasteiger partial charge on any atom is -0.464 e. The second-order valence-electron chi connectivity index (χ2n) is 5.50. The summed E-state index contributed by atoms with van der Waals surface area (Å²) in [5.41, 5.74) is 3.05. The van der Waals surface area contributed by atoms with Crippen molar-refractivity contribution in [2.45, 2.75) is 39.9 Å². The van der Waals surface area contributed by atoms with Gasteiger partial charge in [-0.2, -0.15) is 0 Å². The third kappa shape index (κ3) is 1.36. The highest BCUT2D eigenvalue weighted by atomic mass is 16.7. The van der Waals surface area contributed by atoms with Crippen molar-refractivity contribution in [1.29, 1.82) is 0 Å². The monoisotopic (exact) mass is 208 g/mol. The smallest absolute Gasteiger partial charge is 0.205 e. The summed E-state index contributed by atoms with van der Waals surface area (Å²) >= 11 is 0. The second kappa shape index (κ2) is 3.40. The van der Waals surface area contributed by atoms with Crippen LogP contribution in [0.3, 0.4) is 0 Å². The van der Waals surface area contributed by atoms with Gasteiger partial charge in [0.05, 0.1) is 6.61 Å². The van der Waals surface area contributed by atoms with Crippen LogP contribution in [0.2, 0.25) is 0 Å². The Morgan fingerprint density at radius 3 is 2.87 bits per heavy atom. The second-order valence-corrected chi connectivity index (χ2v) is 5.50. The average Bonchev–Trinajstić information content (AvgIpc) is 2.37. The van der Waals surface area contributed by atoms with E-state index in [1.165, 1.54) is 19.1 Å². The minimum atomic E-state index is -0.138. The van der Waals surface area contributed by atoms with Crippen molar-refractivity contribution >= 4 is 0 Å². The first-order valence-corrected chi connectivity index (χ1v) is 5.64. The van der Waals surface area contributed by atoms with Crippen LogP contribution in [0.15, 0.2) is 18.6 Å². The van der Waals surface area contributed by atoms with Gasteiger partial charge in [-0.25, -0.2) is 0 Å². The van der Waals surface area contributed by atoms with Crippen LogP contribution in [0.5, 0.6) is 0 Å². The first-order valence-electron chi connectivity index (χ1n) is 5.64. The van der Waals surface area contributed by atoms with Crippen molar-refractivity contribution in [2.24, 2.45) is 16.7 Å². The maximum absolute atomic E-state index is 5.78. The normalized spacial score (nSPS) is 42.1. The van der Waals surface area contributed by atoms with E-state index < -0.39 is 0 Å². The molecule has 0 spiro atoms. The Morgan fingerprint density at radius 2 is 2.20 bits per heavy atom. The summed E-state index contributed by atoms with van der Waals surface area (Å²) < 4.78 is 11.4. The van der Waals surface area contributed by atoms with E-state index in [4.69, 9.17) is 9.47 Å². The molecule has 0 radical (unpaired) electrons. The van der Waals surface area contributed by atoms with Gasteiger partial charge in [0.2, 0.25) is 6.29 Å². The highest BCUT2D eigenvalue weighted by molar-refractivity contribution is 5.05. The summed E-state index contributed by atoms with van der Waals surface area (Å²) in [5, 5.41) is 0. The molecule has 84 valence electrons. The van der Waals surface area contributed by atoms with Crippen molar-refractivity contribution in [1.82, 2.24) is 0 Å². The number of hydrogen-bond donors (Lipinski definition) is 0. The molecule has 2 heteroatoms. The van der Waals surface area contributed by atoms with Crippen LogP contribution in [0.25, 0.3) is 0 Å². The van der Waals surface area contributed by atoms with Crippen LogP contribution in [0.1, 0.15) is 33.6 Å². The Balaban J connectivity index is 2.25. The van der Waals surface area contributed by atoms with E-state index >= 15 is 0 Å². The van der Waals surface area contributed by atoms with Gasteiger partial charge in [-0.15, -0.1) is 0 Å². The molecule has 1 saturated heterocycles. The molecule has 0 aromatic heterocycles. The molecular formula is C13H20O2. The molecule has 2 rings (SSSR count). The van der Waals surface area contributed by atoms with Gasteiger partial charge in [-0.3, -0.25) is 0 Å². The van der Waals surface area contributed by atoms with E-state index in [0.717, 1.165) is 6.61 Å². The van der Waals surface area contributed by atoms with Crippen molar-refractivity contribution in [3.8, 4) is 0 Å². The van der Waals surface area contributed by atoms with Gasteiger partial charge >= 0.3 is 0 Å². The molecule has 3 atom stereocenters. The van der Waals surface area contributed by atoms with Crippen molar-refractivity contribution in [3.05, 3.63) is 18.6 Å². The maximum Gasteiger partial charge on any atom is 0.205 e. The van der Waals surface area contributed by atoms with Gasteiger partial charge < -0.3 is 9.47 Å². The zero-order chi connectivity index (χ0) is 11.1. The molecular weight excluding hydrogens is 188 g/mol. The topological polar surface area (TPSA) is 18.5 Å². The molecule has 0 aromatic rings. The lowest BCUT2D eigenvalue weighted by Gasteiger charge is -2.49. The van der Waals surface area contributed by atoms with E-state index in [0.29, 0.717) is 11.3 Å². The summed E-state index contributed by atoms with van der Waals surface area (Å²) in [6.07, 6.45) is 3.81. The van der Waals surface area contributed by atoms with Crippen LogP contribution < -0.4 is 0 Å². The Kier molecular flexibility index (Phi) is 2.44. The molecule has 15 heavy (non-hydrogen) atoms. The van der Waals surface area contributed by atoms with Gasteiger partial charge in [-0.05, 0) is 24.2 Å². The SMILES string of the molecule is C=C=CO[C@H]1OC[C@@H]2CC[C@@]1(C)C2(C)C. The van der Waals surface area contributed by atoms with Gasteiger partial charge in [0.25, 0.3) is 0 Å². The van der Waals surface area contributed by atoms with Crippen molar-refractivity contribution in [2.75, 3.05) is 6.61 Å². The molecule has 1 saturated carbocycles. The fourth-order valence-corrected chi connectivity index (χ4v) is 3.02. The Labute approximate surface area is 92.0 Å². The summed E-state index contributed by atoms with van der Waals surface area (Å²) in [6, 6.07) is 0. The molecule has 1 aliphatic heterocycles. The highest BCUT2D eigenvalue weighted by Crippen LogP contribution is 2.61. The zero-order valence-corrected chi connectivity index (χ0v) is 9.88. The van der Waals surface area contributed by atoms with Crippen LogP contribution in [-0.4, -0.2) is 12.9 Å². The fraction of sp³-hybridized carbons (Fsp3) is 0.769. The average molecular weight is 208 g/mol. The van der Waals surface area contributed by atoms with Gasteiger partial charge in [0.15, 0.2) is 0 Å². The molecule has 1 aliphatic carbocycles.